The second kappa shape index (κ2) is 7.26. The largest absolute Gasteiger partial charge is 0.450 e. The number of ether oxygens (including phenoxy) is 1. The van der Waals surface area contributed by atoms with Crippen LogP contribution in [0, 0.1) is 0 Å². The topological polar surface area (TPSA) is 75.9 Å². The molecule has 1 heterocycles. The maximum atomic E-state index is 12.5. The highest BCUT2D eigenvalue weighted by molar-refractivity contribution is 6.00. The van der Waals surface area contributed by atoms with Gasteiger partial charge in [-0.3, -0.25) is 9.69 Å². The first-order valence-electron chi connectivity index (χ1n) is 7.58. The van der Waals surface area contributed by atoms with E-state index in [1.54, 1.807) is 36.1 Å². The molecule has 0 bridgehead atoms. The average molecular weight is 305 g/mol. The predicted molar refractivity (Wildman–Crippen MR) is 84.8 cm³/mol. The number of Topliss-reactive ketones (excluding diaryl/α,β-unsaturated/α-hetero) is 1. The Morgan fingerprint density at radius 3 is 2.32 bits per heavy atom. The molecule has 2 N–H and O–H groups in total. The molecule has 1 aromatic rings. The number of hydrogen-bond donors (Lipinski definition) is 1. The fourth-order valence-electron chi connectivity index (χ4n) is 2.56. The lowest BCUT2D eigenvalue weighted by molar-refractivity contribution is 0.0604. The van der Waals surface area contributed by atoms with Crippen LogP contribution in [0.25, 0.3) is 0 Å². The third kappa shape index (κ3) is 3.76. The molecule has 120 valence electrons. The van der Waals surface area contributed by atoms with E-state index in [4.69, 9.17) is 10.5 Å². The number of nitrogens with zero attached hydrogens (tertiary/aromatic N) is 2. The van der Waals surface area contributed by atoms with Crippen LogP contribution < -0.4 is 5.73 Å². The smallest absolute Gasteiger partial charge is 0.409 e. The van der Waals surface area contributed by atoms with Gasteiger partial charge in [-0.1, -0.05) is 0 Å². The van der Waals surface area contributed by atoms with E-state index in [0.29, 0.717) is 44.0 Å². The van der Waals surface area contributed by atoms with Gasteiger partial charge in [0.25, 0.3) is 0 Å². The van der Waals surface area contributed by atoms with Crippen LogP contribution in [0.15, 0.2) is 24.3 Å². The number of hydrogen-bond acceptors (Lipinski definition) is 5. The lowest BCUT2D eigenvalue weighted by Gasteiger charge is -2.36. The van der Waals surface area contributed by atoms with Gasteiger partial charge in [-0.25, -0.2) is 4.79 Å². The lowest BCUT2D eigenvalue weighted by Crippen LogP contribution is -2.53. The normalized spacial score (nSPS) is 17.1. The number of nitrogen functional groups attached to an aromatic ring is 1. The van der Waals surface area contributed by atoms with Gasteiger partial charge >= 0.3 is 6.09 Å². The van der Waals surface area contributed by atoms with Gasteiger partial charge in [-0.05, 0) is 38.1 Å². The van der Waals surface area contributed by atoms with E-state index < -0.39 is 0 Å². The molecule has 0 aromatic heterocycles. The van der Waals surface area contributed by atoms with Crippen molar-refractivity contribution < 1.29 is 14.3 Å². The first kappa shape index (κ1) is 16.3. The van der Waals surface area contributed by atoms with Gasteiger partial charge < -0.3 is 15.4 Å². The highest BCUT2D eigenvalue weighted by Crippen LogP contribution is 2.14. The van der Waals surface area contributed by atoms with Crippen LogP contribution in [0.1, 0.15) is 24.2 Å². The Hall–Kier alpha value is -2.08. The van der Waals surface area contributed by atoms with Gasteiger partial charge in [-0.2, -0.15) is 0 Å². The van der Waals surface area contributed by atoms with Crippen LogP contribution in [0.5, 0.6) is 0 Å². The second-order valence-electron chi connectivity index (χ2n) is 5.38. The molecule has 1 amide bonds. The number of carbonyl (C=O) groups is 2. The number of carbonyl (C=O) groups excluding carboxylic acids is 2. The quantitative estimate of drug-likeness (QED) is 0.675. The van der Waals surface area contributed by atoms with Gasteiger partial charge in [-0.15, -0.1) is 0 Å². The highest BCUT2D eigenvalue weighted by Gasteiger charge is 2.28. The molecule has 1 atom stereocenters. The SMILES string of the molecule is CCOC(=O)N1CCN(C(C)C(=O)c2ccc(N)cc2)CC1. The van der Waals surface area contributed by atoms with E-state index >= 15 is 0 Å². The zero-order valence-electron chi connectivity index (χ0n) is 13.1. The maximum absolute atomic E-state index is 12.5. The molecular weight excluding hydrogens is 282 g/mol. The molecule has 0 saturated carbocycles. The molecule has 2 rings (SSSR count). The Labute approximate surface area is 130 Å². The highest BCUT2D eigenvalue weighted by atomic mass is 16.6. The maximum Gasteiger partial charge on any atom is 0.409 e. The van der Waals surface area contributed by atoms with Gasteiger partial charge in [0.2, 0.25) is 0 Å². The van der Waals surface area contributed by atoms with Crippen LogP contribution in [-0.4, -0.2) is 60.5 Å². The average Bonchev–Trinajstić information content (AvgIpc) is 2.54. The first-order chi connectivity index (χ1) is 10.5. The molecule has 1 aliphatic rings. The van der Waals surface area contributed by atoms with Crippen molar-refractivity contribution in [2.45, 2.75) is 19.9 Å². The summed E-state index contributed by atoms with van der Waals surface area (Å²) in [6, 6.07) is 6.76. The van der Waals surface area contributed by atoms with Crippen LogP contribution in [0.3, 0.4) is 0 Å². The minimum Gasteiger partial charge on any atom is -0.450 e. The van der Waals surface area contributed by atoms with E-state index in [0.717, 1.165) is 0 Å². The van der Waals surface area contributed by atoms with E-state index in [1.807, 2.05) is 6.92 Å². The molecule has 22 heavy (non-hydrogen) atoms. The van der Waals surface area contributed by atoms with E-state index in [2.05, 4.69) is 4.90 Å². The third-order valence-electron chi connectivity index (χ3n) is 3.96. The number of rotatable bonds is 4. The van der Waals surface area contributed by atoms with Crippen molar-refractivity contribution in [3.05, 3.63) is 29.8 Å². The van der Waals surface area contributed by atoms with Crippen LogP contribution in [0.2, 0.25) is 0 Å². The van der Waals surface area contributed by atoms with Crippen molar-refractivity contribution >= 4 is 17.6 Å². The Balaban J connectivity index is 1.91. The number of nitrogens with two attached hydrogens (primary N) is 1. The first-order valence-corrected chi connectivity index (χ1v) is 7.58. The minimum absolute atomic E-state index is 0.0737. The summed E-state index contributed by atoms with van der Waals surface area (Å²) in [6.07, 6.45) is -0.278. The Morgan fingerprint density at radius 2 is 1.77 bits per heavy atom. The van der Waals surface area contributed by atoms with Crippen molar-refractivity contribution in [1.29, 1.82) is 0 Å². The van der Waals surface area contributed by atoms with E-state index in [9.17, 15) is 9.59 Å². The van der Waals surface area contributed by atoms with Gasteiger partial charge in [0.1, 0.15) is 0 Å². The molecule has 6 nitrogen and oxygen atoms in total. The molecule has 1 aliphatic heterocycles. The van der Waals surface area contributed by atoms with Gasteiger partial charge in [0, 0.05) is 37.4 Å². The number of benzene rings is 1. The molecule has 1 fully saturated rings. The number of anilines is 1. The minimum atomic E-state index is -0.278. The van der Waals surface area contributed by atoms with Crippen LogP contribution in [0.4, 0.5) is 10.5 Å². The van der Waals surface area contributed by atoms with Crippen molar-refractivity contribution in [2.75, 3.05) is 38.5 Å². The summed E-state index contributed by atoms with van der Waals surface area (Å²) in [5, 5.41) is 0. The molecule has 6 heteroatoms. The van der Waals surface area contributed by atoms with Gasteiger partial charge in [0.15, 0.2) is 5.78 Å². The Bertz CT molecular complexity index is 522. The third-order valence-corrected chi connectivity index (χ3v) is 3.96. The molecule has 0 aliphatic carbocycles. The number of amides is 1. The fraction of sp³-hybridized carbons (Fsp3) is 0.500. The van der Waals surface area contributed by atoms with Gasteiger partial charge in [0.05, 0.1) is 12.6 Å². The summed E-state index contributed by atoms with van der Waals surface area (Å²) < 4.78 is 4.99. The molecule has 1 aromatic carbocycles. The van der Waals surface area contributed by atoms with E-state index in [1.165, 1.54) is 0 Å². The summed E-state index contributed by atoms with van der Waals surface area (Å²) in [6.45, 7) is 6.57. The zero-order chi connectivity index (χ0) is 16.1. The van der Waals surface area contributed by atoms with Crippen molar-refractivity contribution in [3.63, 3.8) is 0 Å². The summed E-state index contributed by atoms with van der Waals surface area (Å²) >= 11 is 0. The molecule has 0 spiro atoms. The second-order valence-corrected chi connectivity index (χ2v) is 5.38. The van der Waals surface area contributed by atoms with Crippen molar-refractivity contribution in [3.8, 4) is 0 Å². The standard InChI is InChI=1S/C16H23N3O3/c1-3-22-16(21)19-10-8-18(9-11-19)12(2)15(20)13-4-6-14(17)7-5-13/h4-7,12H,3,8-11,17H2,1-2H3. The Kier molecular flexibility index (Phi) is 5.38. The van der Waals surface area contributed by atoms with Crippen molar-refractivity contribution in [1.82, 2.24) is 9.80 Å². The molecular formula is C16H23N3O3. The van der Waals surface area contributed by atoms with Crippen LogP contribution >= 0.6 is 0 Å². The lowest BCUT2D eigenvalue weighted by atomic mass is 10.0. The fourth-order valence-corrected chi connectivity index (χ4v) is 2.56. The van der Waals surface area contributed by atoms with E-state index in [-0.39, 0.29) is 17.9 Å². The monoisotopic (exact) mass is 305 g/mol. The number of piperazine rings is 1. The molecule has 1 saturated heterocycles. The zero-order valence-corrected chi connectivity index (χ0v) is 13.1. The van der Waals surface area contributed by atoms with Crippen LogP contribution in [-0.2, 0) is 4.74 Å². The summed E-state index contributed by atoms with van der Waals surface area (Å²) in [5.74, 6) is 0.0737. The summed E-state index contributed by atoms with van der Waals surface area (Å²) in [7, 11) is 0. The summed E-state index contributed by atoms with van der Waals surface area (Å²) in [5.41, 5.74) is 6.95. The summed E-state index contributed by atoms with van der Waals surface area (Å²) in [4.78, 5) is 27.9. The van der Waals surface area contributed by atoms with Crippen molar-refractivity contribution in [2.24, 2.45) is 0 Å². The predicted octanol–water partition coefficient (Wildman–Crippen LogP) is 1.61. The Morgan fingerprint density at radius 1 is 1.18 bits per heavy atom. The molecule has 1 unspecified atom stereocenters. The number of ketones is 1. The molecule has 0 radical (unpaired) electrons.